The second-order valence-electron chi connectivity index (χ2n) is 14.0. The summed E-state index contributed by atoms with van der Waals surface area (Å²) in [6, 6.07) is 9.98. The van der Waals surface area contributed by atoms with E-state index in [0.717, 1.165) is 22.6 Å². The van der Waals surface area contributed by atoms with Crippen molar-refractivity contribution in [2.24, 2.45) is 10.2 Å². The molecule has 0 aliphatic carbocycles. The first-order valence-corrected chi connectivity index (χ1v) is 21.3. The Hall–Kier alpha value is -3.08. The normalized spacial score (nSPS) is 12.6. The Morgan fingerprint density at radius 1 is 0.755 bits per heavy atom. The van der Waals surface area contributed by atoms with Crippen LogP contribution in [0, 0.1) is 36.5 Å². The number of hydrogen-bond donors (Lipinski definition) is 2. The quantitative estimate of drug-likeness (QED) is 0.0596. The third-order valence-electron chi connectivity index (χ3n) is 8.53. The van der Waals surface area contributed by atoms with E-state index < -0.39 is 20.2 Å². The van der Waals surface area contributed by atoms with Crippen molar-refractivity contribution in [2.45, 2.75) is 26.7 Å². The molecule has 0 saturated carbocycles. The lowest BCUT2D eigenvalue weighted by molar-refractivity contribution is -0.890. The number of quaternary nitrogens is 2. The SMILES string of the molecule is Cc1cc(N(CCOCCOCC[N+](C)(C)CCCS(=O)(=O)O)CCOCC[N+](C)(C)CCCS(=O)(=O)O)ccc1N=Nc1sc(C#N)c(C)c1C#N. The predicted octanol–water partition coefficient (Wildman–Crippen LogP) is 4.09. The van der Waals surface area contributed by atoms with E-state index in [0.29, 0.717) is 127 Å². The second-order valence-corrected chi connectivity index (χ2v) is 18.1. The average molecular weight is 802 g/mol. The molecule has 0 atom stereocenters. The summed E-state index contributed by atoms with van der Waals surface area (Å²) < 4.78 is 80.8. The van der Waals surface area contributed by atoms with Gasteiger partial charge < -0.3 is 28.1 Å². The molecule has 0 fully saturated rings. The number of azo groups is 1. The Morgan fingerprint density at radius 3 is 1.74 bits per heavy atom. The standard InChI is InChI=1S/C34H53N7O9S3/c1-28-25-30(9-10-32(28)37-38-34-31(26-35)29(2)33(27-36)51-34)39(11-17-48-19-15-40(3,4)13-7-23-52(42,43)44)12-18-49-21-22-50-20-16-41(5,6)14-8-24-53(45,46)47/h9-10,25H,7-8,11-24H2,1-6H3/p+2. The summed E-state index contributed by atoms with van der Waals surface area (Å²) in [6.45, 7) is 9.90. The van der Waals surface area contributed by atoms with Gasteiger partial charge in [0.25, 0.3) is 20.2 Å². The molecule has 1 aromatic heterocycles. The van der Waals surface area contributed by atoms with Crippen molar-refractivity contribution < 1.29 is 49.1 Å². The minimum atomic E-state index is -3.99. The van der Waals surface area contributed by atoms with Gasteiger partial charge in [-0.3, -0.25) is 9.11 Å². The van der Waals surface area contributed by atoms with Gasteiger partial charge in [-0.05, 0) is 43.2 Å². The molecule has 0 aliphatic rings. The largest absolute Gasteiger partial charge is 0.377 e. The number of nitrogens with zero attached hydrogens (tertiary/aromatic N) is 7. The van der Waals surface area contributed by atoms with Crippen molar-refractivity contribution in [2.75, 3.05) is 124 Å². The molecule has 0 amide bonds. The van der Waals surface area contributed by atoms with Crippen molar-refractivity contribution in [3.05, 3.63) is 39.8 Å². The Balaban J connectivity index is 1.97. The number of thiophene rings is 1. The van der Waals surface area contributed by atoms with E-state index in [2.05, 4.69) is 27.3 Å². The highest BCUT2D eigenvalue weighted by Gasteiger charge is 2.19. The highest BCUT2D eigenvalue weighted by molar-refractivity contribution is 7.86. The summed E-state index contributed by atoms with van der Waals surface area (Å²) in [7, 11) is -0.0202. The first kappa shape index (κ1) is 46.1. The van der Waals surface area contributed by atoms with Crippen LogP contribution in [-0.4, -0.2) is 154 Å². The molecule has 2 aromatic rings. The smallest absolute Gasteiger partial charge is 0.265 e. The number of ether oxygens (including phenoxy) is 3. The van der Waals surface area contributed by atoms with Gasteiger partial charge >= 0.3 is 0 Å². The zero-order chi connectivity index (χ0) is 39.7. The van der Waals surface area contributed by atoms with Gasteiger partial charge in [0.05, 0.1) is 104 Å². The highest BCUT2D eigenvalue weighted by atomic mass is 32.2. The maximum Gasteiger partial charge on any atom is 0.265 e. The molecular formula is C34H55N7O9S3+2. The molecule has 0 radical (unpaired) electrons. The number of nitriles is 2. The van der Waals surface area contributed by atoms with Gasteiger partial charge in [0.15, 0.2) is 5.00 Å². The van der Waals surface area contributed by atoms with Crippen LogP contribution < -0.4 is 4.90 Å². The molecule has 1 aromatic carbocycles. The molecule has 2 rings (SSSR count). The summed E-state index contributed by atoms with van der Waals surface area (Å²) >= 11 is 1.13. The molecule has 296 valence electrons. The molecule has 0 spiro atoms. The van der Waals surface area contributed by atoms with Crippen LogP contribution in [-0.2, 0) is 34.4 Å². The number of benzene rings is 1. The summed E-state index contributed by atoms with van der Waals surface area (Å²) in [5, 5.41) is 27.9. The van der Waals surface area contributed by atoms with E-state index in [-0.39, 0.29) is 11.5 Å². The summed E-state index contributed by atoms with van der Waals surface area (Å²) in [5.74, 6) is -0.528. The Morgan fingerprint density at radius 2 is 1.26 bits per heavy atom. The number of hydrogen-bond acceptors (Lipinski definition) is 13. The monoisotopic (exact) mass is 801 g/mol. The topological polar surface area (TPSA) is 212 Å². The molecule has 0 aliphatic heterocycles. The molecule has 0 bridgehead atoms. The fourth-order valence-electron chi connectivity index (χ4n) is 5.20. The molecular weight excluding hydrogens is 747 g/mol. The minimum absolute atomic E-state index is 0.259. The number of aryl methyl sites for hydroxylation is 1. The molecule has 2 N–H and O–H groups in total. The minimum Gasteiger partial charge on any atom is -0.377 e. The molecule has 0 unspecified atom stereocenters. The lowest BCUT2D eigenvalue weighted by Crippen LogP contribution is -2.44. The van der Waals surface area contributed by atoms with Crippen molar-refractivity contribution in [3.63, 3.8) is 0 Å². The van der Waals surface area contributed by atoms with E-state index in [1.54, 1.807) is 6.92 Å². The van der Waals surface area contributed by atoms with E-state index >= 15 is 0 Å². The van der Waals surface area contributed by atoms with Crippen molar-refractivity contribution in [3.8, 4) is 12.1 Å². The van der Waals surface area contributed by atoms with Crippen LogP contribution in [0.2, 0.25) is 0 Å². The van der Waals surface area contributed by atoms with Crippen molar-refractivity contribution in [1.82, 2.24) is 0 Å². The van der Waals surface area contributed by atoms with E-state index in [9.17, 15) is 27.4 Å². The molecule has 19 heteroatoms. The van der Waals surface area contributed by atoms with Crippen LogP contribution in [0.15, 0.2) is 28.4 Å². The lowest BCUT2D eigenvalue weighted by atomic mass is 10.1. The van der Waals surface area contributed by atoms with Crippen LogP contribution in [0.25, 0.3) is 0 Å². The summed E-state index contributed by atoms with van der Waals surface area (Å²) in [5.41, 5.74) is 3.36. The van der Waals surface area contributed by atoms with Crippen LogP contribution >= 0.6 is 11.3 Å². The zero-order valence-electron chi connectivity index (χ0n) is 31.7. The van der Waals surface area contributed by atoms with Gasteiger partial charge in [-0.2, -0.15) is 27.4 Å². The fraction of sp³-hybridized carbons (Fsp3) is 0.647. The summed E-state index contributed by atoms with van der Waals surface area (Å²) in [4.78, 5) is 2.58. The molecule has 1 heterocycles. The van der Waals surface area contributed by atoms with Gasteiger partial charge in [-0.1, -0.05) is 0 Å². The van der Waals surface area contributed by atoms with Crippen LogP contribution in [0.3, 0.4) is 0 Å². The van der Waals surface area contributed by atoms with E-state index in [1.165, 1.54) is 0 Å². The summed E-state index contributed by atoms with van der Waals surface area (Å²) in [6.07, 6.45) is 0.714. The number of anilines is 1. The predicted molar refractivity (Wildman–Crippen MR) is 204 cm³/mol. The van der Waals surface area contributed by atoms with Crippen LogP contribution in [0.4, 0.5) is 16.4 Å². The van der Waals surface area contributed by atoms with Crippen molar-refractivity contribution in [1.29, 1.82) is 10.5 Å². The van der Waals surface area contributed by atoms with E-state index in [1.807, 2.05) is 53.3 Å². The van der Waals surface area contributed by atoms with Crippen LogP contribution in [0.5, 0.6) is 0 Å². The fourth-order valence-corrected chi connectivity index (χ4v) is 7.06. The molecule has 16 nitrogen and oxygen atoms in total. The third kappa shape index (κ3) is 18.7. The van der Waals surface area contributed by atoms with E-state index in [4.69, 9.17) is 23.3 Å². The second kappa shape index (κ2) is 21.7. The maximum absolute atomic E-state index is 11.1. The molecule has 53 heavy (non-hydrogen) atoms. The maximum atomic E-state index is 11.1. The van der Waals surface area contributed by atoms with Gasteiger partial charge in [0.1, 0.15) is 30.1 Å². The Labute approximate surface area is 318 Å². The first-order valence-electron chi connectivity index (χ1n) is 17.2. The Kier molecular flexibility index (Phi) is 18.9. The van der Waals surface area contributed by atoms with Crippen LogP contribution in [0.1, 0.15) is 34.4 Å². The number of rotatable bonds is 26. The van der Waals surface area contributed by atoms with Crippen molar-refractivity contribution >= 4 is 47.9 Å². The highest BCUT2D eigenvalue weighted by Crippen LogP contribution is 2.36. The van der Waals surface area contributed by atoms with Gasteiger partial charge in [0, 0.05) is 31.6 Å². The molecule has 0 saturated heterocycles. The number of likely N-dealkylation sites (N-methyl/N-ethyl adjacent to an activating group) is 2. The van der Waals surface area contributed by atoms with Gasteiger partial charge in [0.2, 0.25) is 0 Å². The Bertz CT molecular complexity index is 1800. The first-order chi connectivity index (χ1) is 24.8. The third-order valence-corrected chi connectivity index (χ3v) is 11.2. The zero-order valence-corrected chi connectivity index (χ0v) is 34.1. The van der Waals surface area contributed by atoms with Gasteiger partial charge in [-0.25, -0.2) is 0 Å². The lowest BCUT2D eigenvalue weighted by Gasteiger charge is -2.30. The average Bonchev–Trinajstić information content (AvgIpc) is 3.36. The van der Waals surface area contributed by atoms with Gasteiger partial charge in [-0.15, -0.1) is 21.6 Å².